The average molecular weight is 1050 g/mol. The average Bonchev–Trinajstić information content (AvgIpc) is 3.29. The van der Waals surface area contributed by atoms with E-state index in [4.69, 9.17) is 5.73 Å². The number of nitro benzene ring substituents is 1. The van der Waals surface area contributed by atoms with Gasteiger partial charge in [-0.3, -0.25) is 21.8 Å². The molecule has 0 amide bonds. The van der Waals surface area contributed by atoms with Crippen molar-refractivity contribution in [2.75, 3.05) is 15.5 Å². The molecule has 0 aliphatic carbocycles. The third kappa shape index (κ3) is 19.2. The Morgan fingerprint density at radius 3 is 0.675 bits per heavy atom. The van der Waals surface area contributed by atoms with E-state index in [-0.39, 0.29) is 59.4 Å². The first-order valence-corrected chi connectivity index (χ1v) is 27.3. The highest BCUT2D eigenvalue weighted by Gasteiger charge is 2.31. The number of rotatable bonds is 15. The van der Waals surface area contributed by atoms with Gasteiger partial charge in [-0.2, -0.15) is 0 Å². The monoisotopic (exact) mass is 1050 g/mol. The molecule has 420 valence electrons. The van der Waals surface area contributed by atoms with Crippen LogP contribution in [0, 0.1) is 31.8 Å². The largest absolute Gasteiger partial charge is 0.412 e. The zero-order valence-corrected chi connectivity index (χ0v) is 51.1. The van der Waals surface area contributed by atoms with Gasteiger partial charge in [0.1, 0.15) is 0 Å². The van der Waals surface area contributed by atoms with Crippen LogP contribution in [0.2, 0.25) is 0 Å². The fourth-order valence-corrected chi connectivity index (χ4v) is 12.2. The van der Waals surface area contributed by atoms with Crippen LogP contribution in [0.5, 0.6) is 0 Å². The summed E-state index contributed by atoms with van der Waals surface area (Å²) in [6, 6.07) is 50.7. The van der Waals surface area contributed by atoms with Crippen molar-refractivity contribution < 1.29 is 10.4 Å². The van der Waals surface area contributed by atoms with Crippen LogP contribution in [0.15, 0.2) is 146 Å². The molecule has 0 saturated carbocycles. The summed E-state index contributed by atoms with van der Waals surface area (Å²) in [5.74, 6) is 8.00. The molecule has 0 saturated heterocycles. The molecular formula is C68H100N6O3. The predicted molar refractivity (Wildman–Crippen MR) is 334 cm³/mol. The van der Waals surface area contributed by atoms with Crippen LogP contribution in [0.1, 0.15) is 186 Å². The summed E-state index contributed by atoms with van der Waals surface area (Å²) in [4.78, 5) is 15.4. The van der Waals surface area contributed by atoms with Crippen LogP contribution < -0.4 is 27.2 Å². The lowest BCUT2D eigenvalue weighted by atomic mass is 9.72. The third-order valence-corrected chi connectivity index (χ3v) is 14.0. The molecule has 8 N–H and O–H groups in total. The number of non-ortho nitro benzene ring substituents is 1. The normalized spacial score (nSPS) is 12.5. The summed E-state index contributed by atoms with van der Waals surface area (Å²) in [6.45, 7) is 46.2. The van der Waals surface area contributed by atoms with E-state index >= 15 is 0 Å². The lowest BCUT2D eigenvalue weighted by molar-refractivity contribution is -0.384. The van der Waals surface area contributed by atoms with Crippen LogP contribution >= 0.6 is 0 Å². The standard InChI is InChI=1S/C34H46N2O2.C34H48N2.H4N2.H2O/c1-31(2,3)23-33(7,8)25-11-15-27(16-12-25)35(29-19-21-30(22-20-29)36(37)38)28-17-13-26(14-18-28)34(9,10)24-32(4,5)6;1-31(2,3)23-33(7,8)25-11-17-28(18-12-25)36(30-21-15-27(35)16-22-30)29-19-13-26(14-20-29)34(9,10)24-32(4,5)6;1-2;/h11-22H,23-24H2,1-10H3;11-22H,23-24,35H2,1-10H3;1-2H2;1H2. The van der Waals surface area contributed by atoms with Crippen molar-refractivity contribution in [2.45, 2.75) is 186 Å². The number of hydrazine groups is 1. The second-order valence-corrected chi connectivity index (χ2v) is 28.7. The van der Waals surface area contributed by atoms with Gasteiger partial charge in [0.25, 0.3) is 5.69 Å². The summed E-state index contributed by atoms with van der Waals surface area (Å²) >= 11 is 0. The van der Waals surface area contributed by atoms with Crippen molar-refractivity contribution in [3.8, 4) is 0 Å². The molecule has 0 heterocycles. The van der Waals surface area contributed by atoms with E-state index < -0.39 is 0 Å². The lowest BCUT2D eigenvalue weighted by Gasteiger charge is -2.34. The first kappa shape index (κ1) is 65.3. The smallest absolute Gasteiger partial charge is 0.269 e. The van der Waals surface area contributed by atoms with Crippen LogP contribution in [-0.2, 0) is 21.7 Å². The van der Waals surface area contributed by atoms with E-state index in [0.717, 1.165) is 65.5 Å². The molecule has 0 aliphatic rings. The number of nitrogens with two attached hydrogens (primary N) is 3. The van der Waals surface area contributed by atoms with E-state index in [1.807, 2.05) is 24.3 Å². The lowest BCUT2D eigenvalue weighted by Crippen LogP contribution is -2.25. The van der Waals surface area contributed by atoms with Gasteiger partial charge in [0.15, 0.2) is 0 Å². The molecule has 0 aliphatic heterocycles. The van der Waals surface area contributed by atoms with E-state index in [1.54, 1.807) is 12.1 Å². The van der Waals surface area contributed by atoms with Gasteiger partial charge >= 0.3 is 0 Å². The molecule has 0 radical (unpaired) electrons. The zero-order valence-electron chi connectivity index (χ0n) is 51.1. The Balaban J connectivity index is 0.000000388. The summed E-state index contributed by atoms with van der Waals surface area (Å²) < 4.78 is 0. The summed E-state index contributed by atoms with van der Waals surface area (Å²) in [5, 5.41) is 11.3. The number of hydrogen-bond donors (Lipinski definition) is 3. The third-order valence-electron chi connectivity index (χ3n) is 14.0. The number of hydrogen-bond acceptors (Lipinski definition) is 7. The Kier molecular flexibility index (Phi) is 21.4. The molecule has 0 aromatic heterocycles. The highest BCUT2D eigenvalue weighted by Crippen LogP contribution is 2.44. The Bertz CT molecular complexity index is 2600. The first-order chi connectivity index (χ1) is 34.8. The Labute approximate surface area is 466 Å². The maximum absolute atomic E-state index is 11.3. The molecule has 0 spiro atoms. The van der Waals surface area contributed by atoms with Crippen molar-refractivity contribution in [2.24, 2.45) is 33.3 Å². The quantitative estimate of drug-likeness (QED) is 0.0399. The minimum Gasteiger partial charge on any atom is -0.412 e. The number of anilines is 7. The van der Waals surface area contributed by atoms with Gasteiger partial charge in [0.2, 0.25) is 0 Å². The number of benzene rings is 6. The second-order valence-electron chi connectivity index (χ2n) is 28.7. The number of nitrogen functional groups attached to an aromatic ring is 1. The highest BCUT2D eigenvalue weighted by molar-refractivity contribution is 5.78. The van der Waals surface area contributed by atoms with Crippen LogP contribution in [0.4, 0.5) is 45.5 Å². The van der Waals surface area contributed by atoms with Crippen LogP contribution in [-0.4, -0.2) is 10.4 Å². The zero-order chi connectivity index (χ0) is 57.5. The van der Waals surface area contributed by atoms with E-state index in [1.165, 1.54) is 22.3 Å². The Morgan fingerprint density at radius 2 is 0.506 bits per heavy atom. The molecule has 9 nitrogen and oxygen atoms in total. The molecule has 6 aromatic carbocycles. The first-order valence-electron chi connectivity index (χ1n) is 27.3. The molecule has 0 unspecified atom stereocenters. The van der Waals surface area contributed by atoms with Gasteiger partial charge in [-0.1, -0.05) is 187 Å². The number of nitrogens with zero attached hydrogens (tertiary/aromatic N) is 3. The molecule has 0 fully saturated rings. The van der Waals surface area contributed by atoms with Gasteiger partial charge in [0, 0.05) is 51.9 Å². The van der Waals surface area contributed by atoms with Gasteiger partial charge in [0.05, 0.1) is 4.92 Å². The van der Waals surface area contributed by atoms with E-state index in [2.05, 4.69) is 269 Å². The molecule has 9 heteroatoms. The summed E-state index contributed by atoms with van der Waals surface area (Å²) in [7, 11) is 0. The minimum absolute atomic E-state index is 0. The van der Waals surface area contributed by atoms with Crippen molar-refractivity contribution >= 4 is 45.5 Å². The topological polar surface area (TPSA) is 159 Å². The van der Waals surface area contributed by atoms with Gasteiger partial charge in [-0.25, -0.2) is 0 Å². The molecule has 77 heavy (non-hydrogen) atoms. The highest BCUT2D eigenvalue weighted by atomic mass is 16.6. The van der Waals surface area contributed by atoms with E-state index in [9.17, 15) is 10.1 Å². The summed E-state index contributed by atoms with van der Waals surface area (Å²) in [6.07, 6.45) is 4.42. The number of nitro groups is 1. The molecular weight excluding hydrogens is 949 g/mol. The fraction of sp³-hybridized carbons (Fsp3) is 0.471. The summed E-state index contributed by atoms with van der Waals surface area (Å²) in [5.41, 5.74) is 19.9. The predicted octanol–water partition coefficient (Wildman–Crippen LogP) is 18.7. The van der Waals surface area contributed by atoms with Crippen molar-refractivity contribution in [1.82, 2.24) is 0 Å². The van der Waals surface area contributed by atoms with Gasteiger partial charge < -0.3 is 21.0 Å². The molecule has 0 atom stereocenters. The molecule has 0 bridgehead atoms. The van der Waals surface area contributed by atoms with Crippen LogP contribution in [0.25, 0.3) is 0 Å². The van der Waals surface area contributed by atoms with Crippen molar-refractivity contribution in [1.29, 1.82) is 0 Å². The minimum atomic E-state index is -0.355. The SMILES string of the molecule is CC(C)(C)CC(C)(C)c1ccc(N(c2ccc(N)cc2)c2ccc(C(C)(C)CC(C)(C)C)cc2)cc1.CC(C)(C)CC(C)(C)c1ccc(N(c2ccc([N+](=O)[O-])cc2)c2ccc(C(C)(C)CC(C)(C)C)cc2)cc1.NN.O. The maximum atomic E-state index is 11.3. The van der Waals surface area contributed by atoms with Crippen LogP contribution in [0.3, 0.4) is 0 Å². The van der Waals surface area contributed by atoms with Crippen molar-refractivity contribution in [3.63, 3.8) is 0 Å². The molecule has 6 aromatic rings. The van der Waals surface area contributed by atoms with Crippen molar-refractivity contribution in [3.05, 3.63) is 178 Å². The second kappa shape index (κ2) is 25.2. The Morgan fingerprint density at radius 1 is 0.338 bits per heavy atom. The van der Waals surface area contributed by atoms with Gasteiger partial charge in [-0.05, 0) is 176 Å². The van der Waals surface area contributed by atoms with Gasteiger partial charge in [-0.15, -0.1) is 0 Å². The van der Waals surface area contributed by atoms with E-state index in [0.29, 0.717) is 0 Å². The Hall–Kier alpha value is -6.00. The maximum Gasteiger partial charge on any atom is 0.269 e. The fourth-order valence-electron chi connectivity index (χ4n) is 12.2. The molecule has 6 rings (SSSR count).